The number of hydrogen-bond acceptors (Lipinski definition) is 6. The summed E-state index contributed by atoms with van der Waals surface area (Å²) in [5.41, 5.74) is 0.251. The van der Waals surface area contributed by atoms with Gasteiger partial charge in [0.15, 0.2) is 6.79 Å². The molecule has 1 rings (SSSR count). The van der Waals surface area contributed by atoms with E-state index in [0.29, 0.717) is 11.3 Å². The van der Waals surface area contributed by atoms with Crippen LogP contribution in [-0.2, 0) is 18.3 Å². The maximum absolute atomic E-state index is 12.3. The zero-order valence-electron chi connectivity index (χ0n) is 17.3. The minimum Gasteiger partial charge on any atom is -0.466 e. The van der Waals surface area contributed by atoms with Crippen LogP contribution in [0.25, 0.3) is 0 Å². The second-order valence-corrected chi connectivity index (χ2v) is 8.93. The van der Waals surface area contributed by atoms with E-state index < -0.39 is 25.8 Å². The van der Waals surface area contributed by atoms with Crippen LogP contribution in [0.3, 0.4) is 0 Å². The summed E-state index contributed by atoms with van der Waals surface area (Å²) in [5, 5.41) is 0. The van der Waals surface area contributed by atoms with Crippen molar-refractivity contribution < 1.29 is 27.8 Å². The second-order valence-electron chi connectivity index (χ2n) is 7.86. The van der Waals surface area contributed by atoms with Crippen LogP contribution >= 0.6 is 8.60 Å². The lowest BCUT2D eigenvalue weighted by molar-refractivity contribution is 0.00826. The third kappa shape index (κ3) is 9.34. The Hall–Kier alpha value is -1.46. The number of esters is 1. The van der Waals surface area contributed by atoms with E-state index >= 15 is 0 Å². The predicted molar refractivity (Wildman–Crippen MR) is 107 cm³/mol. The van der Waals surface area contributed by atoms with Gasteiger partial charge >= 0.3 is 14.6 Å². The number of rotatable bonds is 9. The molecule has 0 bridgehead atoms. The molecule has 0 unspecified atom stereocenters. The van der Waals surface area contributed by atoms with Gasteiger partial charge < -0.3 is 18.5 Å². The Kier molecular flexibility index (Phi) is 8.89. The molecule has 1 aromatic carbocycles. The molecule has 1 aromatic rings. The SMILES string of the molecule is C=CCOC(=O)c1c(C)cccc1OCOP(OC(C)(C)C)OC(C)(C)C. The molecule has 0 heterocycles. The van der Waals surface area contributed by atoms with Crippen LogP contribution in [0.5, 0.6) is 5.75 Å². The van der Waals surface area contributed by atoms with E-state index in [0.717, 1.165) is 5.56 Å². The van der Waals surface area contributed by atoms with Gasteiger partial charge in [-0.05, 0) is 60.1 Å². The van der Waals surface area contributed by atoms with Crippen molar-refractivity contribution in [2.75, 3.05) is 13.4 Å². The van der Waals surface area contributed by atoms with Crippen molar-refractivity contribution >= 4 is 14.6 Å². The molecular formula is C20H31O6P. The summed E-state index contributed by atoms with van der Waals surface area (Å²) < 4.78 is 28.2. The first-order chi connectivity index (χ1) is 12.4. The summed E-state index contributed by atoms with van der Waals surface area (Å²) in [5.74, 6) is -0.0901. The highest BCUT2D eigenvalue weighted by molar-refractivity contribution is 7.41. The molecule has 0 radical (unpaired) electrons. The van der Waals surface area contributed by atoms with Crippen molar-refractivity contribution in [1.29, 1.82) is 0 Å². The highest BCUT2D eigenvalue weighted by atomic mass is 31.2. The van der Waals surface area contributed by atoms with E-state index in [1.54, 1.807) is 12.1 Å². The Balaban J connectivity index is 2.82. The van der Waals surface area contributed by atoms with E-state index in [1.165, 1.54) is 6.08 Å². The van der Waals surface area contributed by atoms with Crippen molar-refractivity contribution in [3.63, 3.8) is 0 Å². The van der Waals surface area contributed by atoms with Gasteiger partial charge in [0.05, 0.1) is 11.2 Å². The number of benzene rings is 1. The van der Waals surface area contributed by atoms with E-state index in [9.17, 15) is 4.79 Å². The van der Waals surface area contributed by atoms with Gasteiger partial charge in [-0.15, -0.1) is 0 Å². The van der Waals surface area contributed by atoms with Gasteiger partial charge in [-0.2, -0.15) is 0 Å². The van der Waals surface area contributed by atoms with Gasteiger partial charge in [-0.25, -0.2) is 4.79 Å². The molecule has 0 fully saturated rings. The molecule has 0 aliphatic rings. The van der Waals surface area contributed by atoms with Crippen molar-refractivity contribution in [2.24, 2.45) is 0 Å². The molecule has 0 aliphatic carbocycles. The lowest BCUT2D eigenvalue weighted by atomic mass is 10.1. The van der Waals surface area contributed by atoms with Crippen LogP contribution in [0.4, 0.5) is 0 Å². The monoisotopic (exact) mass is 398 g/mol. The molecule has 0 saturated carbocycles. The van der Waals surface area contributed by atoms with E-state index in [2.05, 4.69) is 6.58 Å². The fourth-order valence-corrected chi connectivity index (χ4v) is 3.06. The molecule has 7 heteroatoms. The summed E-state index contributed by atoms with van der Waals surface area (Å²) in [6.45, 7) is 16.9. The van der Waals surface area contributed by atoms with Gasteiger partial charge in [0.2, 0.25) is 0 Å². The lowest BCUT2D eigenvalue weighted by Gasteiger charge is -2.30. The number of ether oxygens (including phenoxy) is 2. The van der Waals surface area contributed by atoms with Gasteiger partial charge in [0.1, 0.15) is 17.9 Å². The van der Waals surface area contributed by atoms with Gasteiger partial charge in [0.25, 0.3) is 0 Å². The molecule has 0 amide bonds. The standard InChI is InChI=1S/C20H31O6P/c1-9-13-22-18(21)17-15(2)11-10-12-16(17)23-14-24-27(25-19(3,4)5)26-20(6,7)8/h9-12H,1,13-14H2,2-8H3. The third-order valence-electron chi connectivity index (χ3n) is 2.84. The van der Waals surface area contributed by atoms with Crippen LogP contribution in [0, 0.1) is 6.92 Å². The zero-order valence-corrected chi connectivity index (χ0v) is 18.2. The number of aryl methyl sites for hydroxylation is 1. The van der Waals surface area contributed by atoms with Crippen LogP contribution < -0.4 is 4.74 Å². The van der Waals surface area contributed by atoms with Crippen molar-refractivity contribution in [1.82, 2.24) is 0 Å². The highest BCUT2D eigenvalue weighted by Crippen LogP contribution is 2.47. The molecule has 0 spiro atoms. The van der Waals surface area contributed by atoms with E-state index in [-0.39, 0.29) is 13.4 Å². The van der Waals surface area contributed by atoms with Crippen LogP contribution in [0.15, 0.2) is 30.9 Å². The highest BCUT2D eigenvalue weighted by Gasteiger charge is 2.27. The Labute approximate surface area is 163 Å². The van der Waals surface area contributed by atoms with Crippen LogP contribution in [0.1, 0.15) is 57.5 Å². The average Bonchev–Trinajstić information content (AvgIpc) is 2.49. The lowest BCUT2D eigenvalue weighted by Crippen LogP contribution is -2.23. The Morgan fingerprint density at radius 2 is 1.70 bits per heavy atom. The molecule has 0 atom stereocenters. The minimum atomic E-state index is -1.63. The van der Waals surface area contributed by atoms with Gasteiger partial charge in [-0.3, -0.25) is 4.52 Å². The molecule has 0 aromatic heterocycles. The van der Waals surface area contributed by atoms with E-state index in [4.69, 9.17) is 23.0 Å². The maximum Gasteiger partial charge on any atom is 0.342 e. The molecule has 152 valence electrons. The summed E-state index contributed by atoms with van der Waals surface area (Å²) in [7, 11) is -1.63. The van der Waals surface area contributed by atoms with Gasteiger partial charge in [0, 0.05) is 0 Å². The first-order valence-corrected chi connectivity index (χ1v) is 9.84. The largest absolute Gasteiger partial charge is 0.466 e. The van der Waals surface area contributed by atoms with Crippen molar-refractivity contribution in [3.05, 3.63) is 42.0 Å². The predicted octanol–water partition coefficient (Wildman–Crippen LogP) is 5.55. The van der Waals surface area contributed by atoms with Crippen LogP contribution in [-0.4, -0.2) is 30.6 Å². The Morgan fingerprint density at radius 3 is 2.22 bits per heavy atom. The number of carbonyl (C=O) groups excluding carboxylic acids is 1. The Morgan fingerprint density at radius 1 is 1.11 bits per heavy atom. The summed E-state index contributed by atoms with van der Waals surface area (Å²) in [4.78, 5) is 12.3. The fraction of sp³-hybridized carbons (Fsp3) is 0.550. The molecule has 0 aliphatic heterocycles. The molecule has 6 nitrogen and oxygen atoms in total. The summed E-state index contributed by atoms with van der Waals surface area (Å²) in [6, 6.07) is 5.31. The smallest absolute Gasteiger partial charge is 0.342 e. The second kappa shape index (κ2) is 10.2. The van der Waals surface area contributed by atoms with Crippen molar-refractivity contribution in [3.8, 4) is 5.75 Å². The normalized spacial score (nSPS) is 12.1. The topological polar surface area (TPSA) is 63.2 Å². The average molecular weight is 398 g/mol. The van der Waals surface area contributed by atoms with Gasteiger partial charge in [-0.1, -0.05) is 24.8 Å². The maximum atomic E-state index is 12.3. The summed E-state index contributed by atoms with van der Waals surface area (Å²) >= 11 is 0. The summed E-state index contributed by atoms with van der Waals surface area (Å²) in [6.07, 6.45) is 1.51. The zero-order chi connectivity index (χ0) is 20.7. The minimum absolute atomic E-state index is 0.122. The third-order valence-corrected chi connectivity index (χ3v) is 4.55. The number of hydrogen-bond donors (Lipinski definition) is 0. The quantitative estimate of drug-likeness (QED) is 0.235. The first-order valence-electron chi connectivity index (χ1n) is 8.74. The van der Waals surface area contributed by atoms with Crippen molar-refractivity contribution in [2.45, 2.75) is 59.7 Å². The molecular weight excluding hydrogens is 367 g/mol. The fourth-order valence-electron chi connectivity index (χ4n) is 1.88. The molecule has 27 heavy (non-hydrogen) atoms. The Bertz CT molecular complexity index is 614. The molecule has 0 N–H and O–H groups in total. The van der Waals surface area contributed by atoms with E-state index in [1.807, 2.05) is 54.5 Å². The number of carbonyl (C=O) groups is 1. The van der Waals surface area contributed by atoms with Crippen LogP contribution in [0.2, 0.25) is 0 Å². The first kappa shape index (κ1) is 23.6. The molecule has 0 saturated heterocycles.